The summed E-state index contributed by atoms with van der Waals surface area (Å²) in [7, 11) is 0. The molecule has 4 nitrogen and oxygen atoms in total. The van der Waals surface area contributed by atoms with Crippen molar-refractivity contribution in [2.45, 2.75) is 33.1 Å². The van der Waals surface area contributed by atoms with E-state index in [9.17, 15) is 4.79 Å². The Balaban J connectivity index is 2.44. The maximum absolute atomic E-state index is 11.8. The Kier molecular flexibility index (Phi) is 5.91. The van der Waals surface area contributed by atoms with Gasteiger partial charge >= 0.3 is 0 Å². The molecular formula is C12H18ClN3O. The van der Waals surface area contributed by atoms with Crippen LogP contribution >= 0.6 is 11.6 Å². The molecule has 0 aliphatic rings. The number of unbranched alkanes of at least 4 members (excludes halogenated alkanes) is 2. The van der Waals surface area contributed by atoms with E-state index in [0.29, 0.717) is 23.7 Å². The lowest BCUT2D eigenvalue weighted by Gasteiger charge is -2.06. The number of alkyl halides is 1. The summed E-state index contributed by atoms with van der Waals surface area (Å²) in [5.41, 5.74) is 2.02. The number of amides is 1. The summed E-state index contributed by atoms with van der Waals surface area (Å²) in [6.45, 7) is 4.29. The second-order valence-electron chi connectivity index (χ2n) is 3.99. The Morgan fingerprint density at radius 1 is 1.29 bits per heavy atom. The van der Waals surface area contributed by atoms with E-state index in [1.165, 1.54) is 0 Å². The molecule has 1 aromatic heterocycles. The highest BCUT2D eigenvalue weighted by atomic mass is 35.5. The zero-order valence-electron chi connectivity index (χ0n) is 10.3. The number of hydrogen-bond donors (Lipinski definition) is 1. The van der Waals surface area contributed by atoms with Crippen molar-refractivity contribution in [2.24, 2.45) is 0 Å². The summed E-state index contributed by atoms with van der Waals surface area (Å²) in [6.07, 6.45) is 2.98. The second-order valence-corrected chi connectivity index (χ2v) is 4.37. The molecule has 0 saturated heterocycles. The van der Waals surface area contributed by atoms with E-state index in [1.54, 1.807) is 13.0 Å². The van der Waals surface area contributed by atoms with Crippen molar-refractivity contribution < 1.29 is 4.79 Å². The third kappa shape index (κ3) is 4.69. The molecule has 0 bridgehead atoms. The Morgan fingerprint density at radius 2 is 2.06 bits per heavy atom. The van der Waals surface area contributed by atoms with Gasteiger partial charge in [-0.2, -0.15) is 10.2 Å². The van der Waals surface area contributed by atoms with Crippen molar-refractivity contribution in [2.75, 3.05) is 12.4 Å². The van der Waals surface area contributed by atoms with Crippen LogP contribution in [0.5, 0.6) is 0 Å². The summed E-state index contributed by atoms with van der Waals surface area (Å²) in [5.74, 6) is 0.604. The lowest BCUT2D eigenvalue weighted by molar-refractivity contribution is 0.0951. The highest BCUT2D eigenvalue weighted by Gasteiger charge is 2.09. The summed E-state index contributed by atoms with van der Waals surface area (Å²) in [6, 6.07) is 1.76. The molecule has 1 aromatic rings. The first-order chi connectivity index (χ1) is 8.15. The van der Waals surface area contributed by atoms with Gasteiger partial charge in [0.2, 0.25) is 0 Å². The van der Waals surface area contributed by atoms with Crippen LogP contribution in [0.25, 0.3) is 0 Å². The largest absolute Gasteiger partial charge is 0.352 e. The Bertz CT molecular complexity index is 382. The minimum atomic E-state index is -0.0774. The van der Waals surface area contributed by atoms with Gasteiger partial charge < -0.3 is 5.32 Å². The average Bonchev–Trinajstić information content (AvgIpc) is 2.32. The number of carbonyl (C=O) groups excluding carboxylic acids is 1. The summed E-state index contributed by atoms with van der Waals surface area (Å²) >= 11 is 5.57. The minimum Gasteiger partial charge on any atom is -0.352 e. The van der Waals surface area contributed by atoms with E-state index in [4.69, 9.17) is 11.6 Å². The average molecular weight is 256 g/mol. The van der Waals surface area contributed by atoms with E-state index < -0.39 is 0 Å². The van der Waals surface area contributed by atoms with E-state index >= 15 is 0 Å². The Labute approximate surface area is 107 Å². The van der Waals surface area contributed by atoms with Gasteiger partial charge in [-0.15, -0.1) is 11.6 Å². The Morgan fingerprint density at radius 3 is 2.76 bits per heavy atom. The highest BCUT2D eigenvalue weighted by molar-refractivity contribution is 6.17. The van der Waals surface area contributed by atoms with Crippen molar-refractivity contribution in [3.8, 4) is 0 Å². The van der Waals surface area contributed by atoms with Crippen LogP contribution in [-0.2, 0) is 0 Å². The summed E-state index contributed by atoms with van der Waals surface area (Å²) < 4.78 is 0. The molecule has 0 spiro atoms. The quantitative estimate of drug-likeness (QED) is 0.627. The molecule has 0 unspecified atom stereocenters. The van der Waals surface area contributed by atoms with Gasteiger partial charge in [0.05, 0.1) is 17.0 Å². The molecule has 0 atom stereocenters. The number of carbonyl (C=O) groups is 1. The van der Waals surface area contributed by atoms with Crippen LogP contribution in [0, 0.1) is 13.8 Å². The molecule has 1 heterocycles. The topological polar surface area (TPSA) is 54.9 Å². The van der Waals surface area contributed by atoms with Gasteiger partial charge in [-0.05, 0) is 32.8 Å². The smallest absolute Gasteiger partial charge is 0.253 e. The number of nitrogens with zero attached hydrogens (tertiary/aromatic N) is 2. The first kappa shape index (κ1) is 13.9. The fraction of sp³-hybridized carbons (Fsp3) is 0.583. The van der Waals surface area contributed by atoms with Gasteiger partial charge in [-0.3, -0.25) is 4.79 Å². The third-order valence-electron chi connectivity index (χ3n) is 2.44. The highest BCUT2D eigenvalue weighted by Crippen LogP contribution is 2.05. The van der Waals surface area contributed by atoms with Crippen LogP contribution < -0.4 is 5.32 Å². The molecule has 0 aliphatic heterocycles. The second kappa shape index (κ2) is 7.22. The number of rotatable bonds is 6. The minimum absolute atomic E-state index is 0.0774. The van der Waals surface area contributed by atoms with Crippen molar-refractivity contribution in [1.82, 2.24) is 15.5 Å². The van der Waals surface area contributed by atoms with Gasteiger partial charge in [0.15, 0.2) is 0 Å². The van der Waals surface area contributed by atoms with Crippen molar-refractivity contribution in [3.63, 3.8) is 0 Å². The first-order valence-electron chi connectivity index (χ1n) is 5.80. The predicted octanol–water partition coefficient (Wildman–Crippen LogP) is 2.23. The number of aryl methyl sites for hydroxylation is 2. The molecule has 0 fully saturated rings. The number of aromatic nitrogens is 2. The molecule has 0 aliphatic carbocycles. The molecule has 5 heteroatoms. The lowest BCUT2D eigenvalue weighted by atomic mass is 10.2. The lowest BCUT2D eigenvalue weighted by Crippen LogP contribution is -2.25. The van der Waals surface area contributed by atoms with Crippen LogP contribution in [0.4, 0.5) is 0 Å². The molecule has 17 heavy (non-hydrogen) atoms. The summed E-state index contributed by atoms with van der Waals surface area (Å²) in [5, 5.41) is 10.7. The van der Waals surface area contributed by atoms with Gasteiger partial charge in [-0.1, -0.05) is 6.42 Å². The standard InChI is InChI=1S/C12H18ClN3O/c1-9-8-11(10(2)16-15-9)12(17)14-7-5-3-4-6-13/h8H,3-7H2,1-2H3,(H,14,17). The zero-order valence-corrected chi connectivity index (χ0v) is 11.0. The SMILES string of the molecule is Cc1cc(C(=O)NCCCCCCl)c(C)nn1. The maximum Gasteiger partial charge on any atom is 0.253 e. The number of halogens is 1. The first-order valence-corrected chi connectivity index (χ1v) is 6.33. The number of nitrogens with one attached hydrogen (secondary N) is 1. The normalized spacial score (nSPS) is 10.3. The van der Waals surface area contributed by atoms with Crippen molar-refractivity contribution in [3.05, 3.63) is 23.0 Å². The van der Waals surface area contributed by atoms with Crippen LogP contribution in [-0.4, -0.2) is 28.5 Å². The van der Waals surface area contributed by atoms with Crippen LogP contribution in [0.15, 0.2) is 6.07 Å². The van der Waals surface area contributed by atoms with Gasteiger partial charge in [-0.25, -0.2) is 0 Å². The molecule has 0 radical (unpaired) electrons. The van der Waals surface area contributed by atoms with Gasteiger partial charge in [0.25, 0.3) is 5.91 Å². The van der Waals surface area contributed by atoms with Gasteiger partial charge in [0.1, 0.15) is 0 Å². The van der Waals surface area contributed by atoms with E-state index in [2.05, 4.69) is 15.5 Å². The fourth-order valence-corrected chi connectivity index (χ4v) is 1.66. The monoisotopic (exact) mass is 255 g/mol. The van der Waals surface area contributed by atoms with Crippen molar-refractivity contribution in [1.29, 1.82) is 0 Å². The molecule has 94 valence electrons. The third-order valence-corrected chi connectivity index (χ3v) is 2.71. The van der Waals surface area contributed by atoms with Crippen LogP contribution in [0.3, 0.4) is 0 Å². The predicted molar refractivity (Wildman–Crippen MR) is 68.4 cm³/mol. The van der Waals surface area contributed by atoms with Gasteiger partial charge in [0, 0.05) is 12.4 Å². The molecule has 0 saturated carbocycles. The summed E-state index contributed by atoms with van der Waals surface area (Å²) in [4.78, 5) is 11.8. The Hall–Kier alpha value is -1.16. The fourth-order valence-electron chi connectivity index (χ4n) is 1.47. The molecule has 1 amide bonds. The number of hydrogen-bond acceptors (Lipinski definition) is 3. The van der Waals surface area contributed by atoms with Crippen molar-refractivity contribution >= 4 is 17.5 Å². The van der Waals surface area contributed by atoms with Crippen LogP contribution in [0.1, 0.15) is 41.0 Å². The van der Waals surface area contributed by atoms with E-state index in [-0.39, 0.29) is 5.91 Å². The zero-order chi connectivity index (χ0) is 12.7. The van der Waals surface area contributed by atoms with E-state index in [0.717, 1.165) is 25.0 Å². The molecule has 0 aromatic carbocycles. The molecule has 1 N–H and O–H groups in total. The molecular weight excluding hydrogens is 238 g/mol. The van der Waals surface area contributed by atoms with E-state index in [1.807, 2.05) is 6.92 Å². The molecule has 1 rings (SSSR count). The maximum atomic E-state index is 11.8. The van der Waals surface area contributed by atoms with Crippen LogP contribution in [0.2, 0.25) is 0 Å².